The van der Waals surface area contributed by atoms with E-state index in [1.807, 2.05) is 0 Å². The Morgan fingerprint density at radius 2 is 1.96 bits per heavy atom. The van der Waals surface area contributed by atoms with Crippen molar-refractivity contribution in [2.45, 2.75) is 0 Å². The molecule has 2 amide bonds. The second kappa shape index (κ2) is 8.36. The molecule has 0 atom stereocenters. The number of phenolic OH excluding ortho intramolecular Hbond substituents is 1. The van der Waals surface area contributed by atoms with Gasteiger partial charge in [-0.15, -0.1) is 0 Å². The lowest BCUT2D eigenvalue weighted by molar-refractivity contribution is -0.136. The largest absolute Gasteiger partial charge is 0.504 e. The molecule has 0 aromatic heterocycles. The molecular weight excluding hydrogens is 369 g/mol. The molecule has 25 heavy (non-hydrogen) atoms. The lowest BCUT2D eigenvalue weighted by Gasteiger charge is -2.07. The molecule has 7 nitrogen and oxygen atoms in total. The number of nitrogens with zero attached hydrogens (tertiary/aromatic N) is 1. The maximum Gasteiger partial charge on any atom is 0.329 e. The molecule has 0 aliphatic carbocycles. The highest BCUT2D eigenvalue weighted by molar-refractivity contribution is 6.45. The molecule has 0 saturated carbocycles. The van der Waals surface area contributed by atoms with E-state index in [-0.39, 0.29) is 27.2 Å². The second-order valence-corrected chi connectivity index (χ2v) is 5.47. The molecule has 0 aliphatic heterocycles. The van der Waals surface area contributed by atoms with Gasteiger partial charge in [0, 0.05) is 0 Å². The van der Waals surface area contributed by atoms with Gasteiger partial charge in [-0.25, -0.2) is 5.43 Å². The predicted octanol–water partition coefficient (Wildman–Crippen LogP) is 2.80. The van der Waals surface area contributed by atoms with Crippen molar-refractivity contribution in [3.63, 3.8) is 0 Å². The van der Waals surface area contributed by atoms with Crippen molar-refractivity contribution in [2.75, 3.05) is 12.4 Å². The number of phenols is 1. The maximum atomic E-state index is 11.8. The van der Waals surface area contributed by atoms with E-state index in [0.717, 1.165) is 0 Å². The lowest BCUT2D eigenvalue weighted by Crippen LogP contribution is -2.32. The summed E-state index contributed by atoms with van der Waals surface area (Å²) in [6.45, 7) is 0. The van der Waals surface area contributed by atoms with Crippen LogP contribution in [0.1, 0.15) is 5.56 Å². The monoisotopic (exact) mass is 381 g/mol. The first kappa shape index (κ1) is 18.6. The number of rotatable bonds is 4. The third-order valence-corrected chi connectivity index (χ3v) is 3.81. The third-order valence-electron chi connectivity index (χ3n) is 2.99. The van der Waals surface area contributed by atoms with Gasteiger partial charge in [0.1, 0.15) is 0 Å². The molecule has 0 bridgehead atoms. The number of amides is 2. The number of halogens is 2. The Balaban J connectivity index is 1.97. The molecular formula is C16H13Cl2N3O4. The average molecular weight is 382 g/mol. The molecule has 130 valence electrons. The van der Waals surface area contributed by atoms with Gasteiger partial charge in [-0.3, -0.25) is 9.59 Å². The number of anilines is 1. The first-order valence-corrected chi connectivity index (χ1v) is 7.63. The molecule has 0 unspecified atom stereocenters. The van der Waals surface area contributed by atoms with Crippen molar-refractivity contribution in [3.8, 4) is 11.5 Å². The Labute approximate surface area is 153 Å². The van der Waals surface area contributed by atoms with Gasteiger partial charge in [0.2, 0.25) is 0 Å². The summed E-state index contributed by atoms with van der Waals surface area (Å²) in [6, 6.07) is 9.12. The van der Waals surface area contributed by atoms with E-state index in [9.17, 15) is 14.7 Å². The van der Waals surface area contributed by atoms with Gasteiger partial charge in [0.15, 0.2) is 11.5 Å². The quantitative estimate of drug-likeness (QED) is 0.430. The summed E-state index contributed by atoms with van der Waals surface area (Å²) in [7, 11) is 1.41. The summed E-state index contributed by atoms with van der Waals surface area (Å²) in [6.07, 6.45) is 1.29. The fourth-order valence-corrected chi connectivity index (χ4v) is 2.12. The van der Waals surface area contributed by atoms with Gasteiger partial charge < -0.3 is 15.2 Å². The maximum absolute atomic E-state index is 11.8. The van der Waals surface area contributed by atoms with Gasteiger partial charge >= 0.3 is 11.8 Å². The van der Waals surface area contributed by atoms with Gasteiger partial charge in [-0.1, -0.05) is 29.3 Å². The van der Waals surface area contributed by atoms with Gasteiger partial charge in [-0.2, -0.15) is 5.10 Å². The third kappa shape index (κ3) is 4.85. The first-order chi connectivity index (χ1) is 11.9. The number of ether oxygens (including phenoxy) is 1. The van der Waals surface area contributed by atoms with Crippen LogP contribution in [0.4, 0.5) is 5.69 Å². The smallest absolute Gasteiger partial charge is 0.329 e. The molecule has 2 aromatic carbocycles. The summed E-state index contributed by atoms with van der Waals surface area (Å²) in [4.78, 5) is 23.5. The van der Waals surface area contributed by atoms with E-state index >= 15 is 0 Å². The van der Waals surface area contributed by atoms with E-state index in [1.165, 1.54) is 31.5 Å². The van der Waals surface area contributed by atoms with Crippen molar-refractivity contribution >= 4 is 46.9 Å². The molecule has 0 heterocycles. The minimum Gasteiger partial charge on any atom is -0.504 e. The lowest BCUT2D eigenvalue weighted by atomic mass is 10.2. The van der Waals surface area contributed by atoms with E-state index < -0.39 is 11.8 Å². The number of carbonyl (C=O) groups excluding carboxylic acids is 2. The standard InChI is InChI=1S/C16H13Cl2N3O4/c1-25-13-7-9(5-6-12(13)22)8-19-21-16(24)15(23)20-11-4-2-3-10(17)14(11)18/h2-8,22H,1H3,(H,20,23)(H,21,24)/b19-8+. The highest BCUT2D eigenvalue weighted by Crippen LogP contribution is 2.29. The van der Waals surface area contributed by atoms with Crippen molar-refractivity contribution in [1.29, 1.82) is 0 Å². The van der Waals surface area contributed by atoms with E-state index in [1.54, 1.807) is 18.2 Å². The summed E-state index contributed by atoms with van der Waals surface area (Å²) >= 11 is 11.8. The highest BCUT2D eigenvalue weighted by atomic mass is 35.5. The zero-order valence-corrected chi connectivity index (χ0v) is 14.4. The fourth-order valence-electron chi connectivity index (χ4n) is 1.77. The van der Waals surface area contributed by atoms with E-state index in [0.29, 0.717) is 5.56 Å². The summed E-state index contributed by atoms with van der Waals surface area (Å²) in [5.74, 6) is -1.72. The molecule has 0 aliphatic rings. The molecule has 0 spiro atoms. The SMILES string of the molecule is COc1cc(/C=N/NC(=O)C(=O)Nc2cccc(Cl)c2Cl)ccc1O. The minimum absolute atomic E-state index is 0.0264. The summed E-state index contributed by atoms with van der Waals surface area (Å²) < 4.78 is 4.95. The molecule has 2 aromatic rings. The van der Waals surface area contributed by atoms with E-state index in [4.69, 9.17) is 27.9 Å². The Hall–Kier alpha value is -2.77. The Morgan fingerprint density at radius 1 is 1.20 bits per heavy atom. The van der Waals surface area contributed by atoms with Gasteiger partial charge in [0.25, 0.3) is 0 Å². The first-order valence-electron chi connectivity index (χ1n) is 6.87. The van der Waals surface area contributed by atoms with Crippen LogP contribution in [-0.2, 0) is 9.59 Å². The topological polar surface area (TPSA) is 100 Å². The summed E-state index contributed by atoms with van der Waals surface area (Å²) in [5.41, 5.74) is 2.84. The zero-order valence-electron chi connectivity index (χ0n) is 12.9. The predicted molar refractivity (Wildman–Crippen MR) is 95.5 cm³/mol. The number of methoxy groups -OCH3 is 1. The van der Waals surface area contributed by atoms with E-state index in [2.05, 4.69) is 15.8 Å². The van der Waals surface area contributed by atoms with Crippen LogP contribution in [-0.4, -0.2) is 30.2 Å². The number of hydrogen-bond donors (Lipinski definition) is 3. The summed E-state index contributed by atoms with van der Waals surface area (Å²) in [5, 5.41) is 15.9. The van der Waals surface area contributed by atoms with Gasteiger partial charge in [0.05, 0.1) is 29.1 Å². The number of nitrogens with one attached hydrogen (secondary N) is 2. The molecule has 0 saturated heterocycles. The van der Waals surface area contributed by atoms with Crippen LogP contribution in [0.3, 0.4) is 0 Å². The van der Waals surface area contributed by atoms with Crippen LogP contribution in [0.15, 0.2) is 41.5 Å². The van der Waals surface area contributed by atoms with Crippen molar-refractivity contribution < 1.29 is 19.4 Å². The van der Waals surface area contributed by atoms with Crippen LogP contribution < -0.4 is 15.5 Å². The zero-order chi connectivity index (χ0) is 18.4. The van der Waals surface area contributed by atoms with Crippen molar-refractivity contribution in [3.05, 3.63) is 52.0 Å². The van der Waals surface area contributed by atoms with Crippen LogP contribution in [0, 0.1) is 0 Å². The molecule has 0 fully saturated rings. The normalized spacial score (nSPS) is 10.5. The fraction of sp³-hybridized carbons (Fsp3) is 0.0625. The van der Waals surface area contributed by atoms with Crippen LogP contribution in [0.5, 0.6) is 11.5 Å². The molecule has 9 heteroatoms. The van der Waals surface area contributed by atoms with Crippen LogP contribution in [0.2, 0.25) is 10.0 Å². The van der Waals surface area contributed by atoms with Crippen molar-refractivity contribution in [1.82, 2.24) is 5.43 Å². The Bertz CT molecular complexity index is 840. The number of carbonyl (C=O) groups is 2. The minimum atomic E-state index is -0.988. The Kier molecular flexibility index (Phi) is 6.21. The molecule has 3 N–H and O–H groups in total. The second-order valence-electron chi connectivity index (χ2n) is 4.69. The van der Waals surface area contributed by atoms with Crippen LogP contribution >= 0.6 is 23.2 Å². The van der Waals surface area contributed by atoms with Crippen LogP contribution in [0.25, 0.3) is 0 Å². The number of aromatic hydroxyl groups is 1. The Morgan fingerprint density at radius 3 is 2.68 bits per heavy atom. The molecule has 2 rings (SSSR count). The number of benzene rings is 2. The number of hydrazone groups is 1. The number of hydrogen-bond acceptors (Lipinski definition) is 5. The molecule has 0 radical (unpaired) electrons. The van der Waals surface area contributed by atoms with Gasteiger partial charge in [-0.05, 0) is 35.9 Å². The van der Waals surface area contributed by atoms with Crippen molar-refractivity contribution in [2.24, 2.45) is 5.10 Å². The highest BCUT2D eigenvalue weighted by Gasteiger charge is 2.15. The average Bonchev–Trinajstić information content (AvgIpc) is 2.60.